The molecule has 0 bridgehead atoms. The number of amides is 1. The number of methoxy groups -OCH3 is 1. The van der Waals surface area contributed by atoms with E-state index in [4.69, 9.17) is 15.3 Å². The topological polar surface area (TPSA) is 102 Å². The molecule has 1 amide bonds. The Bertz CT molecular complexity index is 1050. The molecule has 0 spiro atoms. The number of hydrogen-bond acceptors (Lipinski definition) is 6. The van der Waals surface area contributed by atoms with E-state index in [1.54, 1.807) is 6.92 Å². The summed E-state index contributed by atoms with van der Waals surface area (Å²) >= 11 is 1.14. The molecule has 0 aliphatic carbocycles. The summed E-state index contributed by atoms with van der Waals surface area (Å²) in [7, 11) is 2.91. The van der Waals surface area contributed by atoms with Gasteiger partial charge in [0, 0.05) is 26.1 Å². The zero-order valence-electron chi connectivity index (χ0n) is 18.4. The number of ether oxygens (including phenoxy) is 1. The van der Waals surface area contributed by atoms with Crippen molar-refractivity contribution in [1.29, 1.82) is 0 Å². The first-order valence-electron chi connectivity index (χ1n) is 10.1. The quantitative estimate of drug-likeness (QED) is 0.262. The molecule has 33 heavy (non-hydrogen) atoms. The van der Waals surface area contributed by atoms with Gasteiger partial charge in [-0.3, -0.25) is 14.6 Å². The zero-order chi connectivity index (χ0) is 24.0. The number of thioether (sulfide) groups is 1. The predicted octanol–water partition coefficient (Wildman–Crippen LogP) is 2.95. The zero-order valence-corrected chi connectivity index (χ0v) is 19.2. The van der Waals surface area contributed by atoms with Crippen LogP contribution in [0.25, 0.3) is 0 Å². The molecule has 1 heterocycles. The lowest BCUT2D eigenvalue weighted by atomic mass is 10.0. The minimum atomic E-state index is -1.11. The Morgan fingerprint density at radius 3 is 2.70 bits per heavy atom. The first kappa shape index (κ1) is 24.6. The summed E-state index contributed by atoms with van der Waals surface area (Å²) in [4.78, 5) is 21.4. The number of halogens is 2. The van der Waals surface area contributed by atoms with Crippen LogP contribution in [0.3, 0.4) is 0 Å². The van der Waals surface area contributed by atoms with Crippen LogP contribution in [0.15, 0.2) is 58.6 Å². The lowest BCUT2D eigenvalue weighted by molar-refractivity contribution is -0.145. The number of nitrogens with one attached hydrogen (secondary N) is 1. The van der Waals surface area contributed by atoms with Crippen molar-refractivity contribution in [2.75, 3.05) is 20.8 Å². The highest BCUT2D eigenvalue weighted by molar-refractivity contribution is 8.15. The fraction of sp³-hybridized carbons (Fsp3) is 0.318. The standard InChI is InChI=1S/C22H25F2N5O3S/c1-14(31-3)20(30)29-22(15-7-5-4-6-8-15,11-12-32-28-21(25)26-2)33-19(27-29)17-13-16(23)9-10-18(17)24/h4-10,13-14H,11-12H2,1-3H3,(H3,25,26,28). The van der Waals surface area contributed by atoms with Crippen molar-refractivity contribution in [3.8, 4) is 0 Å². The maximum Gasteiger partial charge on any atom is 0.273 e. The highest BCUT2D eigenvalue weighted by Gasteiger charge is 2.49. The Hall–Kier alpha value is -3.02. The van der Waals surface area contributed by atoms with E-state index in [-0.39, 0.29) is 29.6 Å². The predicted molar refractivity (Wildman–Crippen MR) is 123 cm³/mol. The third kappa shape index (κ3) is 5.32. The maximum atomic E-state index is 14.6. The van der Waals surface area contributed by atoms with Gasteiger partial charge < -0.3 is 10.5 Å². The van der Waals surface area contributed by atoms with Crippen LogP contribution in [0, 0.1) is 11.6 Å². The summed E-state index contributed by atoms with van der Waals surface area (Å²) in [6, 6.07) is 12.3. The Labute approximate surface area is 194 Å². The van der Waals surface area contributed by atoms with Gasteiger partial charge >= 0.3 is 0 Å². The van der Waals surface area contributed by atoms with E-state index in [1.807, 2.05) is 30.3 Å². The summed E-state index contributed by atoms with van der Waals surface area (Å²) in [6.07, 6.45) is -0.589. The molecule has 8 nitrogen and oxygen atoms in total. The molecule has 0 saturated carbocycles. The van der Waals surface area contributed by atoms with Gasteiger partial charge in [0.25, 0.3) is 5.91 Å². The van der Waals surface area contributed by atoms with Crippen LogP contribution < -0.4 is 11.2 Å². The Morgan fingerprint density at radius 1 is 1.30 bits per heavy atom. The number of rotatable bonds is 8. The van der Waals surface area contributed by atoms with Crippen LogP contribution in [0.4, 0.5) is 8.78 Å². The second-order valence-electron chi connectivity index (χ2n) is 7.12. The average molecular weight is 478 g/mol. The van der Waals surface area contributed by atoms with Crippen molar-refractivity contribution < 1.29 is 23.1 Å². The van der Waals surface area contributed by atoms with Gasteiger partial charge in [0.1, 0.15) is 27.7 Å². The molecule has 3 rings (SSSR count). The third-order valence-corrected chi connectivity index (χ3v) is 6.50. The molecule has 2 atom stereocenters. The first-order valence-corrected chi connectivity index (χ1v) is 10.9. The fourth-order valence-corrected chi connectivity index (χ4v) is 4.57. The van der Waals surface area contributed by atoms with E-state index in [0.29, 0.717) is 0 Å². The van der Waals surface area contributed by atoms with Gasteiger partial charge in [-0.15, -0.1) is 0 Å². The normalized spacial score (nSPS) is 19.4. The number of carbonyl (C=O) groups is 1. The number of nitrogens with two attached hydrogens (primary N) is 1. The largest absolute Gasteiger partial charge is 0.372 e. The number of nitrogens with zero attached hydrogens (tertiary/aromatic N) is 3. The Kier molecular flexibility index (Phi) is 8.01. The van der Waals surface area contributed by atoms with Gasteiger partial charge in [-0.25, -0.2) is 19.3 Å². The van der Waals surface area contributed by atoms with E-state index in [0.717, 1.165) is 35.5 Å². The van der Waals surface area contributed by atoms with Crippen molar-refractivity contribution in [2.24, 2.45) is 15.8 Å². The smallest absolute Gasteiger partial charge is 0.273 e. The molecule has 1 aliphatic heterocycles. The number of hydrazone groups is 1. The molecular formula is C22H25F2N5O3S. The van der Waals surface area contributed by atoms with E-state index >= 15 is 0 Å². The minimum absolute atomic E-state index is 0.0397. The van der Waals surface area contributed by atoms with Crippen molar-refractivity contribution >= 4 is 28.7 Å². The molecule has 1 aliphatic rings. The molecular weight excluding hydrogens is 452 g/mol. The third-order valence-electron chi connectivity index (χ3n) is 5.05. The lowest BCUT2D eigenvalue weighted by Gasteiger charge is -2.36. The molecule has 2 aromatic carbocycles. The molecule has 0 aromatic heterocycles. The molecule has 2 unspecified atom stereocenters. The van der Waals surface area contributed by atoms with Crippen molar-refractivity contribution in [2.45, 2.75) is 24.3 Å². The van der Waals surface area contributed by atoms with Crippen molar-refractivity contribution in [3.63, 3.8) is 0 Å². The Balaban J connectivity index is 2.06. The number of hydrogen-bond donors (Lipinski definition) is 2. The van der Waals surface area contributed by atoms with Crippen LogP contribution in [0.2, 0.25) is 0 Å². The summed E-state index contributed by atoms with van der Waals surface area (Å²) in [5, 5.41) is 5.87. The highest BCUT2D eigenvalue weighted by atomic mass is 32.2. The van der Waals surface area contributed by atoms with E-state index in [1.165, 1.54) is 19.2 Å². The molecule has 0 saturated heterocycles. The van der Waals surface area contributed by atoms with Gasteiger partial charge in [0.15, 0.2) is 0 Å². The van der Waals surface area contributed by atoms with Gasteiger partial charge in [-0.1, -0.05) is 42.1 Å². The van der Waals surface area contributed by atoms with Crippen molar-refractivity contribution in [1.82, 2.24) is 10.5 Å². The van der Waals surface area contributed by atoms with Gasteiger partial charge in [0.2, 0.25) is 5.96 Å². The van der Waals surface area contributed by atoms with Gasteiger partial charge in [-0.2, -0.15) is 5.10 Å². The summed E-state index contributed by atoms with van der Waals surface area (Å²) in [5.74, 6) is -1.62. The summed E-state index contributed by atoms with van der Waals surface area (Å²) in [5.41, 5.74) is 8.79. The molecule has 176 valence electrons. The van der Waals surface area contributed by atoms with Crippen LogP contribution in [-0.2, 0) is 19.2 Å². The second-order valence-corrected chi connectivity index (χ2v) is 8.39. The van der Waals surface area contributed by atoms with Crippen LogP contribution in [-0.4, -0.2) is 48.8 Å². The second kappa shape index (κ2) is 10.7. The lowest BCUT2D eigenvalue weighted by Crippen LogP contribution is -2.46. The molecule has 11 heteroatoms. The number of aliphatic imine (C=N–C) groups is 1. The molecule has 2 aromatic rings. The Morgan fingerprint density at radius 2 is 2.03 bits per heavy atom. The number of benzene rings is 2. The van der Waals surface area contributed by atoms with Crippen LogP contribution in [0.1, 0.15) is 24.5 Å². The SMILES string of the molecule is CN=C(N)NOCCC1(c2ccccc2)SC(c2cc(F)ccc2F)=NN1C(=O)C(C)OC. The first-order chi connectivity index (χ1) is 15.8. The fourth-order valence-electron chi connectivity index (χ4n) is 3.21. The summed E-state index contributed by atoms with van der Waals surface area (Å²) in [6.45, 7) is 1.69. The number of guanidine groups is 1. The van der Waals surface area contributed by atoms with Crippen molar-refractivity contribution in [3.05, 3.63) is 71.3 Å². The van der Waals surface area contributed by atoms with Crippen LogP contribution >= 0.6 is 11.8 Å². The highest BCUT2D eigenvalue weighted by Crippen LogP contribution is 2.50. The summed E-state index contributed by atoms with van der Waals surface area (Å²) < 4.78 is 33.8. The maximum absolute atomic E-state index is 14.6. The molecule has 0 radical (unpaired) electrons. The van der Waals surface area contributed by atoms with Crippen LogP contribution in [0.5, 0.6) is 0 Å². The molecule has 0 fully saturated rings. The monoisotopic (exact) mass is 477 g/mol. The number of hydroxylamine groups is 1. The van der Waals surface area contributed by atoms with Gasteiger partial charge in [0.05, 0.1) is 6.61 Å². The van der Waals surface area contributed by atoms with Gasteiger partial charge in [-0.05, 0) is 30.7 Å². The van der Waals surface area contributed by atoms with E-state index < -0.39 is 28.5 Å². The minimum Gasteiger partial charge on any atom is -0.372 e. The van der Waals surface area contributed by atoms with E-state index in [9.17, 15) is 13.6 Å². The molecule has 3 N–H and O–H groups in total. The average Bonchev–Trinajstić information content (AvgIpc) is 3.23. The van der Waals surface area contributed by atoms with E-state index in [2.05, 4.69) is 15.6 Å². The number of carbonyl (C=O) groups excluding carboxylic acids is 1.